The third kappa shape index (κ3) is 5.98. The van der Waals surface area contributed by atoms with Gasteiger partial charge < -0.3 is 10.6 Å². The summed E-state index contributed by atoms with van der Waals surface area (Å²) in [7, 11) is 0. The fraction of sp³-hybridized carbons (Fsp3) is 0.667. The molecule has 6 heteroatoms. The van der Waals surface area contributed by atoms with E-state index in [1.54, 1.807) is 11.3 Å². The lowest BCUT2D eigenvalue weighted by Gasteiger charge is -2.17. The van der Waals surface area contributed by atoms with Gasteiger partial charge in [-0.2, -0.15) is 11.8 Å². The highest BCUT2D eigenvalue weighted by molar-refractivity contribution is 14.0. The van der Waals surface area contributed by atoms with Gasteiger partial charge in [-0.25, -0.2) is 4.99 Å². The number of hydrogen-bond donors (Lipinski definition) is 2. The molecule has 1 aliphatic carbocycles. The summed E-state index contributed by atoms with van der Waals surface area (Å²) < 4.78 is 0. The van der Waals surface area contributed by atoms with Crippen LogP contribution in [-0.2, 0) is 6.54 Å². The number of nitrogens with one attached hydrogen (secondary N) is 2. The molecule has 0 amide bonds. The molecule has 2 unspecified atom stereocenters. The van der Waals surface area contributed by atoms with Gasteiger partial charge in [-0.3, -0.25) is 0 Å². The Kier molecular flexibility index (Phi) is 9.04. The van der Waals surface area contributed by atoms with Crippen molar-refractivity contribution in [1.82, 2.24) is 10.6 Å². The Bertz CT molecular complexity index is 448. The summed E-state index contributed by atoms with van der Waals surface area (Å²) >= 11 is 3.78. The highest BCUT2D eigenvalue weighted by atomic mass is 127. The van der Waals surface area contributed by atoms with Crippen molar-refractivity contribution in [3.63, 3.8) is 0 Å². The van der Waals surface area contributed by atoms with Crippen LogP contribution in [0.15, 0.2) is 16.4 Å². The fourth-order valence-electron chi connectivity index (χ4n) is 2.52. The van der Waals surface area contributed by atoms with Crippen LogP contribution in [0.25, 0.3) is 0 Å². The lowest BCUT2D eigenvalue weighted by Crippen LogP contribution is -2.42. The van der Waals surface area contributed by atoms with E-state index < -0.39 is 0 Å². The minimum Gasteiger partial charge on any atom is -0.357 e. The number of rotatable bonds is 5. The van der Waals surface area contributed by atoms with E-state index in [0.717, 1.165) is 24.3 Å². The second-order valence-corrected chi connectivity index (χ2v) is 7.37. The van der Waals surface area contributed by atoms with Crippen molar-refractivity contribution >= 4 is 53.0 Å². The van der Waals surface area contributed by atoms with E-state index >= 15 is 0 Å². The van der Waals surface area contributed by atoms with Gasteiger partial charge in [0.2, 0.25) is 0 Å². The predicted octanol–water partition coefficient (Wildman–Crippen LogP) is 4.01. The molecule has 21 heavy (non-hydrogen) atoms. The van der Waals surface area contributed by atoms with Crippen molar-refractivity contribution in [3.05, 3.63) is 21.9 Å². The maximum absolute atomic E-state index is 4.73. The highest BCUT2D eigenvalue weighted by Gasteiger charge is 2.24. The molecule has 2 N–H and O–H groups in total. The number of aliphatic imine (C=N–C) groups is 1. The van der Waals surface area contributed by atoms with Gasteiger partial charge >= 0.3 is 0 Å². The van der Waals surface area contributed by atoms with E-state index in [0.29, 0.717) is 6.04 Å². The Morgan fingerprint density at radius 1 is 1.48 bits per heavy atom. The number of nitrogens with zero attached hydrogens (tertiary/aromatic N) is 1. The summed E-state index contributed by atoms with van der Waals surface area (Å²) in [6, 6.07) is 2.74. The lowest BCUT2D eigenvalue weighted by atomic mass is 10.2. The second-order valence-electron chi connectivity index (χ2n) is 5.23. The largest absolute Gasteiger partial charge is 0.357 e. The van der Waals surface area contributed by atoms with Crippen LogP contribution in [0.1, 0.15) is 36.6 Å². The molecule has 2 rings (SSSR count). The van der Waals surface area contributed by atoms with Crippen LogP contribution in [-0.4, -0.2) is 30.1 Å². The minimum absolute atomic E-state index is 0. The zero-order valence-electron chi connectivity index (χ0n) is 13.0. The molecule has 3 nitrogen and oxygen atoms in total. The third-order valence-electron chi connectivity index (χ3n) is 3.75. The summed E-state index contributed by atoms with van der Waals surface area (Å²) in [6.45, 7) is 5.96. The monoisotopic (exact) mass is 439 g/mol. The molecule has 0 aliphatic heterocycles. The van der Waals surface area contributed by atoms with Crippen molar-refractivity contribution in [2.75, 3.05) is 12.8 Å². The Labute approximate surface area is 153 Å². The molecule has 0 spiro atoms. The quantitative estimate of drug-likeness (QED) is 0.414. The van der Waals surface area contributed by atoms with Crippen molar-refractivity contribution in [3.8, 4) is 0 Å². The van der Waals surface area contributed by atoms with Crippen LogP contribution < -0.4 is 10.6 Å². The van der Waals surface area contributed by atoms with E-state index in [1.807, 2.05) is 11.8 Å². The van der Waals surface area contributed by atoms with Gasteiger partial charge in [-0.05, 0) is 56.4 Å². The second kappa shape index (κ2) is 9.94. The predicted molar refractivity (Wildman–Crippen MR) is 107 cm³/mol. The molecular weight excluding hydrogens is 413 g/mol. The van der Waals surface area contributed by atoms with Gasteiger partial charge in [0.25, 0.3) is 0 Å². The third-order valence-corrected chi connectivity index (χ3v) is 5.85. The van der Waals surface area contributed by atoms with Crippen molar-refractivity contribution in [2.45, 2.75) is 50.9 Å². The molecule has 0 bridgehead atoms. The summed E-state index contributed by atoms with van der Waals surface area (Å²) in [5.74, 6) is 0.965. The molecule has 1 saturated carbocycles. The van der Waals surface area contributed by atoms with Crippen molar-refractivity contribution in [1.29, 1.82) is 0 Å². The maximum atomic E-state index is 4.73. The smallest absolute Gasteiger partial charge is 0.191 e. The zero-order chi connectivity index (χ0) is 14.4. The van der Waals surface area contributed by atoms with Crippen LogP contribution in [0.3, 0.4) is 0 Å². The zero-order valence-corrected chi connectivity index (χ0v) is 17.0. The molecule has 0 aromatic carbocycles. The summed E-state index contributed by atoms with van der Waals surface area (Å²) in [5, 5.41) is 9.91. The molecule has 1 heterocycles. The van der Waals surface area contributed by atoms with Crippen molar-refractivity contribution in [2.24, 2.45) is 4.99 Å². The molecule has 1 aromatic rings. The molecule has 0 radical (unpaired) electrons. The topological polar surface area (TPSA) is 36.4 Å². The Hall–Kier alpha value is 0.0500. The van der Waals surface area contributed by atoms with E-state index in [9.17, 15) is 0 Å². The van der Waals surface area contributed by atoms with Gasteiger partial charge in [-0.1, -0.05) is 0 Å². The first-order valence-corrected chi connectivity index (χ1v) is 9.50. The first-order valence-electron chi connectivity index (χ1n) is 7.33. The van der Waals surface area contributed by atoms with Gasteiger partial charge in [0, 0.05) is 22.7 Å². The van der Waals surface area contributed by atoms with Crippen LogP contribution >= 0.6 is 47.1 Å². The van der Waals surface area contributed by atoms with E-state index in [-0.39, 0.29) is 24.0 Å². The Morgan fingerprint density at radius 2 is 2.29 bits per heavy atom. The number of thioether (sulfide) groups is 1. The molecule has 1 fully saturated rings. The van der Waals surface area contributed by atoms with Gasteiger partial charge in [-0.15, -0.1) is 35.3 Å². The summed E-state index contributed by atoms with van der Waals surface area (Å²) in [5.41, 5.74) is 1.35. The van der Waals surface area contributed by atoms with Crippen LogP contribution in [0.5, 0.6) is 0 Å². The van der Waals surface area contributed by atoms with Crippen LogP contribution in [0, 0.1) is 6.92 Å². The highest BCUT2D eigenvalue weighted by Crippen LogP contribution is 2.28. The SMILES string of the molecule is CCNC(=NCc1sccc1C)NC1CCC(SC)C1.I. The van der Waals surface area contributed by atoms with Gasteiger partial charge in [0.1, 0.15) is 0 Å². The number of aryl methyl sites for hydroxylation is 1. The maximum Gasteiger partial charge on any atom is 0.191 e. The number of hydrogen-bond acceptors (Lipinski definition) is 3. The van der Waals surface area contributed by atoms with E-state index in [4.69, 9.17) is 4.99 Å². The lowest BCUT2D eigenvalue weighted by molar-refractivity contribution is 0.615. The average Bonchev–Trinajstić information content (AvgIpc) is 3.05. The molecule has 1 aromatic heterocycles. The Morgan fingerprint density at radius 3 is 2.86 bits per heavy atom. The van der Waals surface area contributed by atoms with Crippen LogP contribution in [0.4, 0.5) is 0 Å². The molecule has 1 aliphatic rings. The van der Waals surface area contributed by atoms with Gasteiger partial charge in [0.15, 0.2) is 5.96 Å². The normalized spacial score (nSPS) is 22.0. The number of guanidine groups is 1. The number of thiophene rings is 1. The standard InChI is InChI=1S/C15H25N3S2.HI/c1-4-16-15(17-10-14-11(2)7-8-20-14)18-12-5-6-13(9-12)19-3;/h7-8,12-13H,4-6,9-10H2,1-3H3,(H2,16,17,18);1H. The molecule has 120 valence electrons. The molecule has 2 atom stereocenters. The van der Waals surface area contributed by atoms with Crippen molar-refractivity contribution < 1.29 is 0 Å². The summed E-state index contributed by atoms with van der Waals surface area (Å²) in [4.78, 5) is 6.09. The molecular formula is C15H26IN3S2. The molecule has 0 saturated heterocycles. The van der Waals surface area contributed by atoms with E-state index in [1.165, 1.54) is 29.7 Å². The van der Waals surface area contributed by atoms with Crippen LogP contribution in [0.2, 0.25) is 0 Å². The Balaban J connectivity index is 0.00000220. The first-order chi connectivity index (χ1) is 9.72. The van der Waals surface area contributed by atoms with Gasteiger partial charge in [0.05, 0.1) is 6.54 Å². The number of halogens is 1. The first kappa shape index (κ1) is 19.1. The summed E-state index contributed by atoms with van der Waals surface area (Å²) in [6.07, 6.45) is 6.05. The average molecular weight is 439 g/mol. The fourth-order valence-corrected chi connectivity index (χ4v) is 4.14. The van der Waals surface area contributed by atoms with E-state index in [2.05, 4.69) is 42.2 Å². The minimum atomic E-state index is 0.